The summed E-state index contributed by atoms with van der Waals surface area (Å²) in [6, 6.07) is 8.39. The number of carbonyl (C=O) groups is 2. The predicted octanol–water partition coefficient (Wildman–Crippen LogP) is 4.89. The number of rotatable bonds is 10. The molecule has 3 heterocycles. The smallest absolute Gasteiger partial charge is 0.337 e. The van der Waals surface area contributed by atoms with Gasteiger partial charge in [0.25, 0.3) is 0 Å². The van der Waals surface area contributed by atoms with Gasteiger partial charge in [0.2, 0.25) is 5.91 Å². The van der Waals surface area contributed by atoms with Crippen molar-refractivity contribution in [2.75, 3.05) is 44.6 Å². The average Bonchev–Trinajstić information content (AvgIpc) is 3.37. The van der Waals surface area contributed by atoms with Crippen LogP contribution >= 0.6 is 11.6 Å². The zero-order valence-electron chi connectivity index (χ0n) is 21.3. The van der Waals surface area contributed by atoms with Crippen LogP contribution in [-0.4, -0.2) is 62.6 Å². The van der Waals surface area contributed by atoms with Crippen molar-refractivity contribution < 1.29 is 19.1 Å². The minimum Gasteiger partial charge on any atom is -0.504 e. The second-order valence-corrected chi connectivity index (χ2v) is 10.5. The highest BCUT2D eigenvalue weighted by atomic mass is 35.5. The molecule has 2 fully saturated rings. The molecule has 0 N–H and O–H groups in total. The van der Waals surface area contributed by atoms with E-state index in [9.17, 15) is 9.59 Å². The van der Waals surface area contributed by atoms with Crippen molar-refractivity contribution in [3.8, 4) is 0 Å². The second kappa shape index (κ2) is 11.3. The van der Waals surface area contributed by atoms with E-state index in [0.717, 1.165) is 75.8 Å². The van der Waals surface area contributed by atoms with E-state index in [1.807, 2.05) is 11.0 Å². The van der Waals surface area contributed by atoms with Gasteiger partial charge in [-0.25, -0.2) is 4.79 Å². The minimum absolute atomic E-state index is 0.00631. The summed E-state index contributed by atoms with van der Waals surface area (Å²) in [6.07, 6.45) is 8.23. The molecule has 0 aliphatic carbocycles. The first-order valence-electron chi connectivity index (χ1n) is 13.1. The standard InChI is InChI=1S/C28H39ClN2O4/c1-4-20-18-30-16-13-28(25(30)17-21(20)22(19-34-2)26(32)35-3)23-11-7-8-12-24(23)31(27(28)33)15-10-6-5-9-14-29/h7-8,11-12,19-21,25H,4-6,9-10,13-18H2,1-3H3/b22-19+/t20-,21-,25?,28+/m0/s1. The van der Waals surface area contributed by atoms with Crippen LogP contribution in [0.3, 0.4) is 0 Å². The quantitative estimate of drug-likeness (QED) is 0.150. The number of ether oxygens (including phenoxy) is 2. The van der Waals surface area contributed by atoms with E-state index >= 15 is 0 Å². The van der Waals surface area contributed by atoms with Crippen molar-refractivity contribution in [3.63, 3.8) is 0 Å². The molecule has 7 heteroatoms. The lowest BCUT2D eigenvalue weighted by molar-refractivity contribution is -0.137. The van der Waals surface area contributed by atoms with E-state index in [4.69, 9.17) is 21.1 Å². The summed E-state index contributed by atoms with van der Waals surface area (Å²) >= 11 is 5.84. The van der Waals surface area contributed by atoms with E-state index in [2.05, 4.69) is 30.0 Å². The lowest BCUT2D eigenvalue weighted by Gasteiger charge is -2.45. The van der Waals surface area contributed by atoms with Crippen LogP contribution in [0.15, 0.2) is 36.1 Å². The van der Waals surface area contributed by atoms with Gasteiger partial charge in [0.15, 0.2) is 0 Å². The highest BCUT2D eigenvalue weighted by Gasteiger charge is 2.61. The number of hydrogen-bond donors (Lipinski definition) is 0. The van der Waals surface area contributed by atoms with Gasteiger partial charge in [-0.15, -0.1) is 11.6 Å². The second-order valence-electron chi connectivity index (χ2n) is 10.1. The molecule has 1 spiro atoms. The molecule has 192 valence electrons. The third kappa shape index (κ3) is 4.60. The van der Waals surface area contributed by atoms with Gasteiger partial charge in [-0.05, 0) is 55.7 Å². The fraction of sp³-hybridized carbons (Fsp3) is 0.643. The van der Waals surface area contributed by atoms with Crippen LogP contribution in [-0.2, 0) is 24.5 Å². The number of hydrogen-bond acceptors (Lipinski definition) is 5. The van der Waals surface area contributed by atoms with Crippen LogP contribution in [0.5, 0.6) is 0 Å². The Balaban J connectivity index is 1.65. The summed E-state index contributed by atoms with van der Waals surface area (Å²) in [6.45, 7) is 4.69. The van der Waals surface area contributed by atoms with Gasteiger partial charge in [0.05, 0.1) is 31.5 Å². The molecule has 0 aromatic heterocycles. The number of alkyl halides is 1. The summed E-state index contributed by atoms with van der Waals surface area (Å²) in [5.74, 6) is 0.886. The molecule has 3 aliphatic rings. The van der Waals surface area contributed by atoms with E-state index in [1.165, 1.54) is 7.11 Å². The number of piperidine rings is 1. The molecule has 0 radical (unpaired) electrons. The number of amides is 1. The van der Waals surface area contributed by atoms with Gasteiger partial charge in [0, 0.05) is 30.7 Å². The third-order valence-corrected chi connectivity index (χ3v) is 8.74. The summed E-state index contributed by atoms with van der Waals surface area (Å²) < 4.78 is 10.4. The fourth-order valence-electron chi connectivity index (χ4n) is 6.77. The average molecular weight is 503 g/mol. The van der Waals surface area contributed by atoms with Gasteiger partial charge < -0.3 is 14.4 Å². The van der Waals surface area contributed by atoms with Crippen molar-refractivity contribution in [2.24, 2.45) is 11.8 Å². The summed E-state index contributed by atoms with van der Waals surface area (Å²) in [5, 5.41) is 0. The molecule has 0 bridgehead atoms. The van der Waals surface area contributed by atoms with Crippen LogP contribution in [0.2, 0.25) is 0 Å². The molecule has 1 aromatic carbocycles. The topological polar surface area (TPSA) is 59.1 Å². The molecule has 4 rings (SSSR count). The number of para-hydroxylation sites is 1. The third-order valence-electron chi connectivity index (χ3n) is 8.48. The number of anilines is 1. The normalized spacial score (nSPS) is 28.3. The Morgan fingerprint density at radius 1 is 1.20 bits per heavy atom. The zero-order chi connectivity index (χ0) is 25.0. The number of methoxy groups -OCH3 is 2. The highest BCUT2D eigenvalue weighted by Crippen LogP contribution is 2.55. The molecule has 6 nitrogen and oxygen atoms in total. The molecule has 1 aromatic rings. The van der Waals surface area contributed by atoms with Crippen molar-refractivity contribution >= 4 is 29.2 Å². The lowest BCUT2D eigenvalue weighted by atomic mass is 9.67. The fourth-order valence-corrected chi connectivity index (χ4v) is 6.95. The first-order chi connectivity index (χ1) is 17.0. The lowest BCUT2D eigenvalue weighted by Crippen LogP contribution is -2.55. The monoisotopic (exact) mass is 502 g/mol. The number of carbonyl (C=O) groups excluding carboxylic acids is 2. The Morgan fingerprint density at radius 3 is 2.69 bits per heavy atom. The predicted molar refractivity (Wildman–Crippen MR) is 139 cm³/mol. The Hall–Kier alpha value is -2.05. The maximum absolute atomic E-state index is 14.3. The van der Waals surface area contributed by atoms with Crippen molar-refractivity contribution in [3.05, 3.63) is 41.7 Å². The first-order valence-corrected chi connectivity index (χ1v) is 13.6. The maximum Gasteiger partial charge on any atom is 0.337 e. The number of unbranched alkanes of at least 4 members (excludes halogenated alkanes) is 3. The van der Waals surface area contributed by atoms with E-state index in [1.54, 1.807) is 13.4 Å². The largest absolute Gasteiger partial charge is 0.504 e. The molecule has 3 aliphatic heterocycles. The maximum atomic E-state index is 14.3. The molecule has 2 saturated heterocycles. The number of fused-ring (bicyclic) bond motifs is 4. The number of halogens is 1. The SMILES string of the molecule is CC[C@H]1CN2CC[C@]3(C(=O)N(CCCCCCCl)c4ccccc43)C2C[C@@H]1/C(=C\OC)C(=O)OC. The summed E-state index contributed by atoms with van der Waals surface area (Å²) in [4.78, 5) is 31.5. The van der Waals surface area contributed by atoms with Gasteiger partial charge in [-0.1, -0.05) is 44.4 Å². The number of esters is 1. The summed E-state index contributed by atoms with van der Waals surface area (Å²) in [7, 11) is 2.98. The molecule has 1 unspecified atom stereocenters. The van der Waals surface area contributed by atoms with Crippen LogP contribution in [0.1, 0.15) is 57.4 Å². The van der Waals surface area contributed by atoms with Crippen LogP contribution in [0.4, 0.5) is 5.69 Å². The zero-order valence-corrected chi connectivity index (χ0v) is 22.1. The Kier molecular flexibility index (Phi) is 8.43. The molecular weight excluding hydrogens is 464 g/mol. The highest BCUT2D eigenvalue weighted by molar-refractivity contribution is 6.17. The van der Waals surface area contributed by atoms with Gasteiger partial charge >= 0.3 is 5.97 Å². The Morgan fingerprint density at radius 2 is 1.97 bits per heavy atom. The van der Waals surface area contributed by atoms with Gasteiger partial charge in [-0.3, -0.25) is 9.69 Å². The molecule has 1 amide bonds. The van der Waals surface area contributed by atoms with E-state index < -0.39 is 5.41 Å². The number of benzene rings is 1. The Bertz CT molecular complexity index is 951. The molecular formula is C28H39ClN2O4. The molecule has 35 heavy (non-hydrogen) atoms. The van der Waals surface area contributed by atoms with Crippen LogP contribution in [0.25, 0.3) is 0 Å². The van der Waals surface area contributed by atoms with Crippen molar-refractivity contribution in [2.45, 2.75) is 63.3 Å². The Labute approximate surface area is 214 Å². The van der Waals surface area contributed by atoms with Crippen molar-refractivity contribution in [1.82, 2.24) is 4.90 Å². The molecule has 4 atom stereocenters. The van der Waals surface area contributed by atoms with Crippen LogP contribution < -0.4 is 4.90 Å². The van der Waals surface area contributed by atoms with E-state index in [0.29, 0.717) is 17.4 Å². The first kappa shape index (κ1) is 26.0. The van der Waals surface area contributed by atoms with E-state index in [-0.39, 0.29) is 23.8 Å². The van der Waals surface area contributed by atoms with Crippen molar-refractivity contribution in [1.29, 1.82) is 0 Å². The van der Waals surface area contributed by atoms with Crippen LogP contribution in [0, 0.1) is 11.8 Å². The molecule has 0 saturated carbocycles. The summed E-state index contributed by atoms with van der Waals surface area (Å²) in [5.41, 5.74) is 2.24. The van der Waals surface area contributed by atoms with Gasteiger partial charge in [-0.2, -0.15) is 0 Å². The minimum atomic E-state index is -0.558. The number of nitrogens with zero attached hydrogens (tertiary/aromatic N) is 2. The van der Waals surface area contributed by atoms with Gasteiger partial charge in [0.1, 0.15) is 0 Å².